The molecule has 250 valence electrons. The van der Waals surface area contributed by atoms with Gasteiger partial charge in [-0.2, -0.15) is 0 Å². The van der Waals surface area contributed by atoms with Crippen molar-refractivity contribution in [2.45, 2.75) is 0 Å². The maximum Gasteiger partial charge on any atom is 0.123 e. The Morgan fingerprint density at radius 3 is 0.865 bits per heavy atom. The van der Waals surface area contributed by atoms with Gasteiger partial charge in [-0.3, -0.25) is 0 Å². The van der Waals surface area contributed by atoms with Crippen LogP contribution in [-0.2, 0) is 0 Å². The minimum absolute atomic E-state index is 0.153. The van der Waals surface area contributed by atoms with E-state index in [-0.39, 0.29) is 23.1 Å². The number of nitrogens with zero attached hydrogens (tertiary/aromatic N) is 2. The van der Waals surface area contributed by atoms with Crippen LogP contribution in [0.3, 0.4) is 0 Å². The first kappa shape index (κ1) is 30.8. The smallest absolute Gasteiger partial charge is 0.123 e. The van der Waals surface area contributed by atoms with E-state index in [1.807, 2.05) is 85.0 Å². The van der Waals surface area contributed by atoms with Gasteiger partial charge in [-0.25, -0.2) is 14.4 Å². The van der Waals surface area contributed by atoms with Crippen molar-refractivity contribution in [3.63, 3.8) is 0 Å². The Morgan fingerprint density at radius 2 is 0.596 bits per heavy atom. The van der Waals surface area contributed by atoms with E-state index < -0.39 is 0 Å². The highest BCUT2D eigenvalue weighted by atomic mass is 19.1. The fourth-order valence-electron chi connectivity index (χ4n) is 6.92. The van der Waals surface area contributed by atoms with Crippen molar-refractivity contribution in [1.29, 1.82) is 0 Å². The standard InChI is InChI=1S/C44H29FN4O3/c45-29-9-1-25(2-10-29)41-33-17-19-35(46-33)42(26-3-11-30(50)12-4-26)37-21-23-39(48-37)44(28-7-15-32(52)16-8-28)40-24-22-38(49-40)43(36-20-18-34(41)47-36)27-5-13-31(51)14-6-27/h1-24,46,49-52H. The Morgan fingerprint density at radius 1 is 0.346 bits per heavy atom. The summed E-state index contributed by atoms with van der Waals surface area (Å²) in [5.41, 5.74) is 12.5. The minimum atomic E-state index is -0.337. The first-order chi connectivity index (χ1) is 25.4. The third kappa shape index (κ3) is 5.48. The molecule has 4 aromatic carbocycles. The Hall–Kier alpha value is -7.19. The molecule has 5 heterocycles. The monoisotopic (exact) mass is 680 g/mol. The van der Waals surface area contributed by atoms with E-state index >= 15 is 0 Å². The first-order valence-electron chi connectivity index (χ1n) is 16.7. The van der Waals surface area contributed by atoms with Gasteiger partial charge in [-0.05, 0) is 119 Å². The topological polar surface area (TPSA) is 118 Å². The maximum absolute atomic E-state index is 14.2. The minimum Gasteiger partial charge on any atom is -0.508 e. The van der Waals surface area contributed by atoms with Crippen LogP contribution in [0.4, 0.5) is 4.39 Å². The van der Waals surface area contributed by atoms with Gasteiger partial charge >= 0.3 is 0 Å². The van der Waals surface area contributed by atoms with Gasteiger partial charge in [0.25, 0.3) is 0 Å². The Balaban J connectivity index is 1.47. The van der Waals surface area contributed by atoms with E-state index in [0.29, 0.717) is 22.8 Å². The van der Waals surface area contributed by atoms with Gasteiger partial charge in [0.15, 0.2) is 0 Å². The lowest BCUT2D eigenvalue weighted by molar-refractivity contribution is 0.475. The summed E-state index contributed by atoms with van der Waals surface area (Å²) in [6, 6.07) is 35.4. The summed E-state index contributed by atoms with van der Waals surface area (Å²) < 4.78 is 14.2. The zero-order chi connectivity index (χ0) is 35.3. The zero-order valence-corrected chi connectivity index (χ0v) is 27.5. The summed E-state index contributed by atoms with van der Waals surface area (Å²) in [5.74, 6) is 0.125. The molecule has 0 saturated carbocycles. The molecule has 0 amide bonds. The van der Waals surface area contributed by atoms with Crippen molar-refractivity contribution in [2.24, 2.45) is 0 Å². The van der Waals surface area contributed by atoms with Crippen LogP contribution in [0.5, 0.6) is 17.2 Å². The van der Waals surface area contributed by atoms with Gasteiger partial charge in [0.1, 0.15) is 23.1 Å². The number of halogens is 1. The third-order valence-corrected chi connectivity index (χ3v) is 9.35. The van der Waals surface area contributed by atoms with Gasteiger partial charge in [0.2, 0.25) is 0 Å². The van der Waals surface area contributed by atoms with E-state index in [4.69, 9.17) is 9.97 Å². The largest absolute Gasteiger partial charge is 0.508 e. The SMILES string of the molecule is Oc1ccc(-c2c3nc(c(-c4ccc(O)cc4)c4ccc([nH]4)c(-c4ccc(F)cc4)c4nc(c(-c5ccc(O)cc5)c5ccc2[nH]5)C=C4)C=C3)cc1. The van der Waals surface area contributed by atoms with Gasteiger partial charge in [0.05, 0.1) is 22.8 Å². The summed E-state index contributed by atoms with van der Waals surface area (Å²) in [4.78, 5) is 17.7. The van der Waals surface area contributed by atoms with Gasteiger partial charge in [0, 0.05) is 44.3 Å². The van der Waals surface area contributed by atoms with Crippen molar-refractivity contribution in [2.75, 3.05) is 0 Å². The molecule has 0 unspecified atom stereocenters. The number of aromatic hydroxyl groups is 3. The highest BCUT2D eigenvalue weighted by Gasteiger charge is 2.19. The molecule has 0 saturated heterocycles. The molecule has 0 radical (unpaired) electrons. The lowest BCUT2D eigenvalue weighted by Crippen LogP contribution is -1.90. The molecular formula is C44H29FN4O3. The molecule has 5 N–H and O–H groups in total. The molecule has 8 heteroatoms. The Kier molecular flexibility index (Phi) is 7.29. The second-order valence-corrected chi connectivity index (χ2v) is 12.7. The van der Waals surface area contributed by atoms with Crippen molar-refractivity contribution < 1.29 is 19.7 Å². The second-order valence-electron chi connectivity index (χ2n) is 12.7. The molecule has 3 aromatic heterocycles. The van der Waals surface area contributed by atoms with Crippen LogP contribution in [0.2, 0.25) is 0 Å². The second kappa shape index (κ2) is 12.3. The average Bonchev–Trinajstić information content (AvgIpc) is 3.99. The molecule has 0 spiro atoms. The highest BCUT2D eigenvalue weighted by molar-refractivity contribution is 5.99. The number of rotatable bonds is 4. The highest BCUT2D eigenvalue weighted by Crippen LogP contribution is 2.39. The van der Waals surface area contributed by atoms with Crippen molar-refractivity contribution >= 4 is 46.4 Å². The van der Waals surface area contributed by atoms with Gasteiger partial charge < -0.3 is 25.3 Å². The van der Waals surface area contributed by atoms with E-state index in [0.717, 1.165) is 66.6 Å². The molecule has 2 aliphatic rings. The summed E-state index contributed by atoms with van der Waals surface area (Å²) >= 11 is 0. The predicted octanol–water partition coefficient (Wildman–Crippen LogP) is 10.6. The number of phenolic OH excluding ortho intramolecular Hbond substituents is 3. The zero-order valence-electron chi connectivity index (χ0n) is 27.5. The predicted molar refractivity (Wildman–Crippen MR) is 206 cm³/mol. The molecule has 52 heavy (non-hydrogen) atoms. The third-order valence-electron chi connectivity index (χ3n) is 9.35. The van der Waals surface area contributed by atoms with E-state index in [2.05, 4.69) is 9.97 Å². The Labute approximate surface area is 297 Å². The fraction of sp³-hybridized carbons (Fsp3) is 0. The summed E-state index contributed by atoms with van der Waals surface area (Å²) in [6.07, 6.45) is 7.88. The van der Waals surface area contributed by atoms with Crippen molar-refractivity contribution in [1.82, 2.24) is 19.9 Å². The van der Waals surface area contributed by atoms with E-state index in [9.17, 15) is 19.7 Å². The number of fused-ring (bicyclic) bond motifs is 8. The van der Waals surface area contributed by atoms with Crippen LogP contribution in [0.15, 0.2) is 121 Å². The van der Waals surface area contributed by atoms with E-state index in [1.165, 1.54) is 12.1 Å². The quantitative estimate of drug-likeness (QED) is 0.127. The number of phenols is 3. The Bertz CT molecular complexity index is 2370. The lowest BCUT2D eigenvalue weighted by atomic mass is 10.0. The van der Waals surface area contributed by atoms with Crippen molar-refractivity contribution in [3.8, 4) is 61.8 Å². The van der Waals surface area contributed by atoms with Gasteiger partial charge in [-0.1, -0.05) is 48.5 Å². The number of aromatic nitrogens is 4. The first-order valence-corrected chi connectivity index (χ1v) is 16.7. The van der Waals surface area contributed by atoms with Crippen LogP contribution in [0.25, 0.3) is 90.9 Å². The number of hydrogen-bond acceptors (Lipinski definition) is 5. The maximum atomic E-state index is 14.2. The molecule has 0 atom stereocenters. The molecule has 8 bridgehead atoms. The summed E-state index contributed by atoms with van der Waals surface area (Å²) in [6.45, 7) is 0. The number of nitrogens with one attached hydrogen (secondary N) is 2. The van der Waals surface area contributed by atoms with Gasteiger partial charge in [-0.15, -0.1) is 0 Å². The molecule has 9 rings (SSSR count). The summed E-state index contributed by atoms with van der Waals surface area (Å²) in [5, 5.41) is 30.5. The lowest BCUT2D eigenvalue weighted by Gasteiger charge is -2.07. The van der Waals surface area contributed by atoms with Crippen LogP contribution in [-0.4, -0.2) is 35.3 Å². The van der Waals surface area contributed by atoms with Crippen LogP contribution >= 0.6 is 0 Å². The fourth-order valence-corrected chi connectivity index (χ4v) is 6.92. The van der Waals surface area contributed by atoms with Crippen LogP contribution in [0.1, 0.15) is 22.8 Å². The number of benzene rings is 4. The molecule has 0 aliphatic carbocycles. The van der Waals surface area contributed by atoms with Crippen molar-refractivity contribution in [3.05, 3.63) is 150 Å². The number of H-pyrrole nitrogens is 2. The molecular weight excluding hydrogens is 652 g/mol. The number of hydrogen-bond donors (Lipinski definition) is 5. The molecule has 0 fully saturated rings. The van der Waals surface area contributed by atoms with Crippen LogP contribution in [0, 0.1) is 5.82 Å². The molecule has 2 aliphatic heterocycles. The molecule has 7 nitrogen and oxygen atoms in total. The molecule has 7 aromatic rings. The van der Waals surface area contributed by atoms with Crippen LogP contribution < -0.4 is 0 Å². The van der Waals surface area contributed by atoms with E-state index in [1.54, 1.807) is 48.5 Å². The summed E-state index contributed by atoms with van der Waals surface area (Å²) in [7, 11) is 0. The average molecular weight is 681 g/mol. The number of aromatic amines is 2. The normalized spacial score (nSPS) is 12.0.